The van der Waals surface area contributed by atoms with Gasteiger partial charge < -0.3 is 10.1 Å². The molecule has 1 aromatic carbocycles. The molecule has 1 aromatic rings. The molecular formula is C20H30N2O5S. The quantitative estimate of drug-likeness (QED) is 0.531. The standard InChI is InChI=1S/C20H30N2O5S/c1-14-10-11-18(12-15(14)2)28(25,26)21-13-19(23)27-16(3)20(24)22-17-8-6-4-5-7-9-17/h10-12,16-17,21H,4-9,13H2,1-3H3,(H,22,24)/t16-/m1/s1. The molecule has 0 saturated heterocycles. The van der Waals surface area contributed by atoms with Crippen LogP contribution in [-0.4, -0.2) is 39.0 Å². The van der Waals surface area contributed by atoms with Crippen molar-refractivity contribution in [1.82, 2.24) is 10.0 Å². The number of nitrogens with one attached hydrogen (secondary N) is 2. The summed E-state index contributed by atoms with van der Waals surface area (Å²) < 4.78 is 31.9. The first-order valence-corrected chi connectivity index (χ1v) is 11.2. The fourth-order valence-corrected chi connectivity index (χ4v) is 4.21. The monoisotopic (exact) mass is 410 g/mol. The number of hydrogen-bond donors (Lipinski definition) is 2. The highest BCUT2D eigenvalue weighted by molar-refractivity contribution is 7.89. The molecule has 0 heterocycles. The summed E-state index contributed by atoms with van der Waals surface area (Å²) in [5, 5.41) is 2.92. The first-order chi connectivity index (χ1) is 13.2. The second kappa shape index (κ2) is 10.0. The maximum absolute atomic E-state index is 12.3. The predicted octanol–water partition coefficient (Wildman–Crippen LogP) is 2.35. The van der Waals surface area contributed by atoms with Crippen LogP contribution in [0.5, 0.6) is 0 Å². The summed E-state index contributed by atoms with van der Waals surface area (Å²) in [6, 6.07) is 4.85. The van der Waals surface area contributed by atoms with Gasteiger partial charge in [-0.2, -0.15) is 4.72 Å². The van der Waals surface area contributed by atoms with E-state index in [0.29, 0.717) is 0 Å². The number of aryl methyl sites for hydroxylation is 2. The average molecular weight is 411 g/mol. The van der Waals surface area contributed by atoms with Gasteiger partial charge in [-0.15, -0.1) is 0 Å². The second-order valence-electron chi connectivity index (χ2n) is 7.40. The summed E-state index contributed by atoms with van der Waals surface area (Å²) >= 11 is 0. The smallest absolute Gasteiger partial charge is 0.321 e. The highest BCUT2D eigenvalue weighted by atomic mass is 32.2. The Bertz CT molecular complexity index is 799. The van der Waals surface area contributed by atoms with Crippen molar-refractivity contribution in [3.63, 3.8) is 0 Å². The zero-order valence-electron chi connectivity index (χ0n) is 16.8. The second-order valence-corrected chi connectivity index (χ2v) is 9.17. The molecule has 0 radical (unpaired) electrons. The van der Waals surface area contributed by atoms with Gasteiger partial charge in [-0.1, -0.05) is 31.7 Å². The van der Waals surface area contributed by atoms with Crippen molar-refractivity contribution in [2.45, 2.75) is 76.3 Å². The summed E-state index contributed by atoms with van der Waals surface area (Å²) in [6.45, 7) is 4.66. The molecule has 1 saturated carbocycles. The number of sulfonamides is 1. The van der Waals surface area contributed by atoms with Crippen molar-refractivity contribution in [2.75, 3.05) is 6.54 Å². The largest absolute Gasteiger partial charge is 0.452 e. The van der Waals surface area contributed by atoms with Crippen LogP contribution in [0, 0.1) is 13.8 Å². The van der Waals surface area contributed by atoms with E-state index in [1.54, 1.807) is 12.1 Å². The van der Waals surface area contributed by atoms with Crippen LogP contribution in [0.4, 0.5) is 0 Å². The van der Waals surface area contributed by atoms with Gasteiger partial charge in [0.25, 0.3) is 5.91 Å². The number of benzene rings is 1. The number of hydrogen-bond acceptors (Lipinski definition) is 5. The van der Waals surface area contributed by atoms with Crippen LogP contribution in [0.3, 0.4) is 0 Å². The van der Waals surface area contributed by atoms with E-state index in [1.165, 1.54) is 25.8 Å². The van der Waals surface area contributed by atoms with Crippen LogP contribution in [-0.2, 0) is 24.3 Å². The Hall–Kier alpha value is -1.93. The minimum Gasteiger partial charge on any atom is -0.452 e. The number of amides is 1. The molecule has 0 unspecified atom stereocenters. The molecule has 8 heteroatoms. The lowest BCUT2D eigenvalue weighted by Gasteiger charge is -2.19. The maximum atomic E-state index is 12.3. The van der Waals surface area contributed by atoms with Crippen molar-refractivity contribution in [2.24, 2.45) is 0 Å². The summed E-state index contributed by atoms with van der Waals surface area (Å²) in [4.78, 5) is 24.3. The van der Waals surface area contributed by atoms with Gasteiger partial charge in [-0.05, 0) is 56.9 Å². The predicted molar refractivity (Wildman–Crippen MR) is 106 cm³/mol. The van der Waals surface area contributed by atoms with Crippen molar-refractivity contribution in [3.05, 3.63) is 29.3 Å². The minimum absolute atomic E-state index is 0.0857. The molecule has 0 bridgehead atoms. The highest BCUT2D eigenvalue weighted by Crippen LogP contribution is 2.17. The highest BCUT2D eigenvalue weighted by Gasteiger charge is 2.23. The van der Waals surface area contributed by atoms with Crippen LogP contribution in [0.25, 0.3) is 0 Å². The summed E-state index contributed by atoms with van der Waals surface area (Å²) in [6.07, 6.45) is 5.42. The van der Waals surface area contributed by atoms with E-state index in [9.17, 15) is 18.0 Å². The third-order valence-corrected chi connectivity index (χ3v) is 6.47. The minimum atomic E-state index is -3.83. The lowest BCUT2D eigenvalue weighted by Crippen LogP contribution is -2.43. The molecular weight excluding hydrogens is 380 g/mol. The SMILES string of the molecule is Cc1ccc(S(=O)(=O)NCC(=O)O[C@H](C)C(=O)NC2CCCCCC2)cc1C. The van der Waals surface area contributed by atoms with Gasteiger partial charge in [0.2, 0.25) is 10.0 Å². The number of rotatable bonds is 7. The van der Waals surface area contributed by atoms with E-state index >= 15 is 0 Å². The zero-order valence-corrected chi connectivity index (χ0v) is 17.6. The number of carbonyl (C=O) groups excluding carboxylic acids is 2. The van der Waals surface area contributed by atoms with Crippen LogP contribution >= 0.6 is 0 Å². The molecule has 0 aliphatic heterocycles. The Labute approximate surface area is 167 Å². The summed E-state index contributed by atoms with van der Waals surface area (Å²) in [5.41, 5.74) is 1.82. The molecule has 2 N–H and O–H groups in total. The molecule has 0 spiro atoms. The normalized spacial score (nSPS) is 16.8. The summed E-state index contributed by atoms with van der Waals surface area (Å²) in [7, 11) is -3.83. The average Bonchev–Trinajstić information content (AvgIpc) is 2.91. The third-order valence-electron chi connectivity index (χ3n) is 5.07. The Balaban J connectivity index is 1.83. The van der Waals surface area contributed by atoms with Crippen molar-refractivity contribution >= 4 is 21.9 Å². The fourth-order valence-electron chi connectivity index (χ4n) is 3.15. The molecule has 1 fully saturated rings. The lowest BCUT2D eigenvalue weighted by molar-refractivity contribution is -0.153. The van der Waals surface area contributed by atoms with E-state index in [4.69, 9.17) is 4.74 Å². The molecule has 1 aliphatic rings. The van der Waals surface area contributed by atoms with E-state index in [1.807, 2.05) is 13.8 Å². The summed E-state index contributed by atoms with van der Waals surface area (Å²) in [5.74, 6) is -1.15. The van der Waals surface area contributed by atoms with E-state index in [2.05, 4.69) is 10.0 Å². The molecule has 2 rings (SSSR count). The van der Waals surface area contributed by atoms with Crippen LogP contribution in [0.15, 0.2) is 23.1 Å². The van der Waals surface area contributed by atoms with Crippen LogP contribution in [0.2, 0.25) is 0 Å². The molecule has 1 atom stereocenters. The number of esters is 1. The van der Waals surface area contributed by atoms with E-state index < -0.39 is 28.6 Å². The van der Waals surface area contributed by atoms with Gasteiger partial charge in [0.05, 0.1) is 4.90 Å². The molecule has 28 heavy (non-hydrogen) atoms. The molecule has 0 aromatic heterocycles. The fraction of sp³-hybridized carbons (Fsp3) is 0.600. The van der Waals surface area contributed by atoms with Crippen molar-refractivity contribution < 1.29 is 22.7 Å². The number of ether oxygens (including phenoxy) is 1. The Morgan fingerprint density at radius 2 is 1.75 bits per heavy atom. The van der Waals surface area contributed by atoms with Crippen LogP contribution < -0.4 is 10.0 Å². The van der Waals surface area contributed by atoms with E-state index in [0.717, 1.165) is 36.8 Å². The van der Waals surface area contributed by atoms with Gasteiger partial charge >= 0.3 is 5.97 Å². The molecule has 156 valence electrons. The zero-order chi connectivity index (χ0) is 20.7. The first kappa shape index (κ1) is 22.4. The Morgan fingerprint density at radius 1 is 1.11 bits per heavy atom. The molecule has 7 nitrogen and oxygen atoms in total. The Kier molecular flexibility index (Phi) is 8.00. The third kappa shape index (κ3) is 6.60. The van der Waals surface area contributed by atoms with Crippen molar-refractivity contribution in [1.29, 1.82) is 0 Å². The lowest BCUT2D eigenvalue weighted by atomic mass is 10.1. The topological polar surface area (TPSA) is 102 Å². The van der Waals surface area contributed by atoms with Gasteiger partial charge in [0, 0.05) is 6.04 Å². The van der Waals surface area contributed by atoms with Gasteiger partial charge in [-0.25, -0.2) is 8.42 Å². The molecule has 1 aliphatic carbocycles. The first-order valence-electron chi connectivity index (χ1n) is 9.76. The van der Waals surface area contributed by atoms with Crippen LogP contribution in [0.1, 0.15) is 56.6 Å². The van der Waals surface area contributed by atoms with Gasteiger partial charge in [0.15, 0.2) is 6.10 Å². The molecule has 1 amide bonds. The number of carbonyl (C=O) groups is 2. The maximum Gasteiger partial charge on any atom is 0.321 e. The van der Waals surface area contributed by atoms with Gasteiger partial charge in [0.1, 0.15) is 6.54 Å². The Morgan fingerprint density at radius 3 is 2.36 bits per heavy atom. The van der Waals surface area contributed by atoms with Crippen molar-refractivity contribution in [3.8, 4) is 0 Å². The van der Waals surface area contributed by atoms with E-state index in [-0.39, 0.29) is 16.8 Å². The van der Waals surface area contributed by atoms with Gasteiger partial charge in [-0.3, -0.25) is 9.59 Å².